The highest BCUT2D eigenvalue weighted by Gasteiger charge is 2.08. The molecule has 0 N–H and O–H groups in total. The summed E-state index contributed by atoms with van der Waals surface area (Å²) in [6.45, 7) is 2.28. The molecule has 0 spiro atoms. The van der Waals surface area contributed by atoms with Gasteiger partial charge in [0.15, 0.2) is 0 Å². The minimum atomic E-state index is 0.250. The molecule has 0 fully saturated rings. The van der Waals surface area contributed by atoms with Crippen LogP contribution in [0.2, 0.25) is 0 Å². The van der Waals surface area contributed by atoms with Crippen molar-refractivity contribution in [1.29, 1.82) is 0 Å². The molecule has 0 amide bonds. The molecule has 0 aromatic heterocycles. The fourth-order valence-corrected chi connectivity index (χ4v) is 2.80. The first-order valence-corrected chi connectivity index (χ1v) is 8.65. The third-order valence-electron chi connectivity index (χ3n) is 3.45. The minimum Gasteiger partial charge on any atom is -0.186 e. The van der Waals surface area contributed by atoms with E-state index >= 15 is 0 Å². The summed E-state index contributed by atoms with van der Waals surface area (Å²) in [5.74, 6) is 0.711. The van der Waals surface area contributed by atoms with Gasteiger partial charge >= 0.3 is 6.15 Å². The zero-order chi connectivity index (χ0) is 16.4. The van der Waals surface area contributed by atoms with Crippen LogP contribution in [0, 0.1) is 5.92 Å². The fraction of sp³-hybridized carbons (Fsp3) is 0.278. The zero-order valence-corrected chi connectivity index (χ0v) is 15.6. The SMILES string of the molecule is CCC(Cc1ccc(Br)cc1)Cc1ccc(Br)cc1.O=C=O. The van der Waals surface area contributed by atoms with E-state index in [1.54, 1.807) is 0 Å². The second-order valence-corrected chi connectivity index (χ2v) is 6.85. The highest BCUT2D eigenvalue weighted by molar-refractivity contribution is 9.10. The standard InChI is InChI=1S/C17H18Br2.CO2/c1-2-13(11-14-3-7-16(18)8-4-14)12-15-5-9-17(19)10-6-15;2-1-3/h3-10,13H,2,11-12H2,1H3;. The lowest BCUT2D eigenvalue weighted by Gasteiger charge is -2.15. The van der Waals surface area contributed by atoms with Gasteiger partial charge in [-0.3, -0.25) is 0 Å². The van der Waals surface area contributed by atoms with Gasteiger partial charge in [0, 0.05) is 8.95 Å². The highest BCUT2D eigenvalue weighted by atomic mass is 79.9. The number of benzene rings is 2. The monoisotopic (exact) mass is 424 g/mol. The van der Waals surface area contributed by atoms with Gasteiger partial charge in [0.2, 0.25) is 0 Å². The largest absolute Gasteiger partial charge is 0.373 e. The van der Waals surface area contributed by atoms with Gasteiger partial charge < -0.3 is 0 Å². The molecule has 0 saturated heterocycles. The van der Waals surface area contributed by atoms with Crippen LogP contribution in [-0.4, -0.2) is 6.15 Å². The van der Waals surface area contributed by atoms with Gasteiger partial charge in [-0.2, -0.15) is 9.59 Å². The predicted octanol–water partition coefficient (Wildman–Crippen LogP) is 5.44. The Morgan fingerprint density at radius 3 is 1.41 bits per heavy atom. The first kappa shape index (κ1) is 18.8. The van der Waals surface area contributed by atoms with E-state index in [9.17, 15) is 0 Å². The van der Waals surface area contributed by atoms with E-state index in [-0.39, 0.29) is 6.15 Å². The summed E-state index contributed by atoms with van der Waals surface area (Å²) < 4.78 is 2.30. The molecule has 2 rings (SSSR count). The normalized spacial score (nSPS) is 9.82. The van der Waals surface area contributed by atoms with E-state index in [0.717, 1.165) is 21.8 Å². The van der Waals surface area contributed by atoms with Crippen molar-refractivity contribution >= 4 is 38.0 Å². The number of rotatable bonds is 5. The maximum atomic E-state index is 8.12. The van der Waals surface area contributed by atoms with Crippen LogP contribution in [0.4, 0.5) is 0 Å². The average molecular weight is 426 g/mol. The fourth-order valence-electron chi connectivity index (χ4n) is 2.27. The number of carbonyl (C=O) groups excluding carboxylic acids is 2. The van der Waals surface area contributed by atoms with Crippen LogP contribution in [0.25, 0.3) is 0 Å². The molecule has 2 aromatic carbocycles. The van der Waals surface area contributed by atoms with Crippen LogP contribution in [0.3, 0.4) is 0 Å². The first-order valence-electron chi connectivity index (χ1n) is 7.07. The minimum absolute atomic E-state index is 0.250. The summed E-state index contributed by atoms with van der Waals surface area (Å²) in [4.78, 5) is 16.2. The lowest BCUT2D eigenvalue weighted by Crippen LogP contribution is -2.07. The topological polar surface area (TPSA) is 34.1 Å². The first-order chi connectivity index (χ1) is 10.6. The van der Waals surface area contributed by atoms with Crippen LogP contribution < -0.4 is 0 Å². The van der Waals surface area contributed by atoms with Crippen LogP contribution in [0.15, 0.2) is 57.5 Å². The lowest BCUT2D eigenvalue weighted by atomic mass is 9.91. The molecule has 0 unspecified atom stereocenters. The third kappa shape index (κ3) is 7.17. The number of halogens is 2. The molecule has 0 aliphatic heterocycles. The maximum Gasteiger partial charge on any atom is 0.373 e. The molecule has 0 radical (unpaired) electrons. The molecular weight excluding hydrogens is 408 g/mol. The van der Waals surface area contributed by atoms with E-state index in [4.69, 9.17) is 9.59 Å². The van der Waals surface area contributed by atoms with Gasteiger partial charge in [0.05, 0.1) is 0 Å². The molecule has 2 nitrogen and oxygen atoms in total. The molecule has 4 heteroatoms. The van der Waals surface area contributed by atoms with Crippen LogP contribution in [0.5, 0.6) is 0 Å². The van der Waals surface area contributed by atoms with E-state index in [2.05, 4.69) is 87.3 Å². The van der Waals surface area contributed by atoms with Gasteiger partial charge in [0.25, 0.3) is 0 Å². The Morgan fingerprint density at radius 1 is 0.818 bits per heavy atom. The second-order valence-electron chi connectivity index (χ2n) is 5.02. The van der Waals surface area contributed by atoms with Crippen molar-refractivity contribution in [2.24, 2.45) is 5.92 Å². The van der Waals surface area contributed by atoms with Gasteiger partial charge in [-0.1, -0.05) is 69.5 Å². The summed E-state index contributed by atoms with van der Waals surface area (Å²) in [6.07, 6.45) is 3.77. The Labute approximate surface area is 148 Å². The molecule has 22 heavy (non-hydrogen) atoms. The van der Waals surface area contributed by atoms with Gasteiger partial charge in [-0.15, -0.1) is 0 Å². The van der Waals surface area contributed by atoms with Crippen LogP contribution in [-0.2, 0) is 22.4 Å². The highest BCUT2D eigenvalue weighted by Crippen LogP contribution is 2.20. The van der Waals surface area contributed by atoms with Crippen LogP contribution in [0.1, 0.15) is 24.5 Å². The molecule has 0 saturated carbocycles. The molecule has 2 aromatic rings. The number of hydrogen-bond acceptors (Lipinski definition) is 2. The average Bonchev–Trinajstić information content (AvgIpc) is 2.52. The van der Waals surface area contributed by atoms with Crippen molar-refractivity contribution in [2.45, 2.75) is 26.2 Å². The number of hydrogen-bond donors (Lipinski definition) is 0. The molecule has 0 heterocycles. The van der Waals surface area contributed by atoms with Crippen molar-refractivity contribution in [1.82, 2.24) is 0 Å². The Balaban J connectivity index is 0.000000745. The summed E-state index contributed by atoms with van der Waals surface area (Å²) in [6, 6.07) is 17.4. The van der Waals surface area contributed by atoms with Crippen molar-refractivity contribution in [3.05, 3.63) is 68.6 Å². The third-order valence-corrected chi connectivity index (χ3v) is 4.51. The van der Waals surface area contributed by atoms with E-state index in [1.807, 2.05) is 0 Å². The zero-order valence-electron chi connectivity index (χ0n) is 12.4. The van der Waals surface area contributed by atoms with E-state index < -0.39 is 0 Å². The maximum absolute atomic E-state index is 8.12. The Bertz CT molecular complexity index is 538. The molecule has 116 valence electrons. The van der Waals surface area contributed by atoms with Crippen molar-refractivity contribution in [3.8, 4) is 0 Å². The smallest absolute Gasteiger partial charge is 0.186 e. The lowest BCUT2D eigenvalue weighted by molar-refractivity contribution is -0.191. The summed E-state index contributed by atoms with van der Waals surface area (Å²) in [5.41, 5.74) is 2.85. The quantitative estimate of drug-likeness (QED) is 0.639. The van der Waals surface area contributed by atoms with Gasteiger partial charge in [-0.05, 0) is 54.2 Å². The van der Waals surface area contributed by atoms with Crippen LogP contribution >= 0.6 is 31.9 Å². The predicted molar refractivity (Wildman–Crippen MR) is 94.5 cm³/mol. The van der Waals surface area contributed by atoms with Crippen molar-refractivity contribution in [2.75, 3.05) is 0 Å². The van der Waals surface area contributed by atoms with Gasteiger partial charge in [0.1, 0.15) is 0 Å². The summed E-state index contributed by atoms with van der Waals surface area (Å²) in [5, 5.41) is 0. The Kier molecular flexibility index (Phi) is 8.98. The van der Waals surface area contributed by atoms with Gasteiger partial charge in [-0.25, -0.2) is 0 Å². The van der Waals surface area contributed by atoms with E-state index in [1.165, 1.54) is 17.5 Å². The molecule has 0 bridgehead atoms. The Morgan fingerprint density at radius 2 is 1.14 bits per heavy atom. The molecule has 0 aliphatic rings. The van der Waals surface area contributed by atoms with E-state index in [0.29, 0.717) is 5.92 Å². The second kappa shape index (κ2) is 10.5. The summed E-state index contributed by atoms with van der Waals surface area (Å²) >= 11 is 6.97. The molecule has 0 aliphatic carbocycles. The summed E-state index contributed by atoms with van der Waals surface area (Å²) in [7, 11) is 0. The van der Waals surface area contributed by atoms with Crippen molar-refractivity contribution < 1.29 is 9.59 Å². The molecular formula is C18H18Br2O2. The Hall–Kier alpha value is -1.22. The molecule has 0 atom stereocenters. The van der Waals surface area contributed by atoms with Crippen molar-refractivity contribution in [3.63, 3.8) is 0 Å².